The van der Waals surface area contributed by atoms with E-state index in [1.807, 2.05) is 43.5 Å². The molecule has 1 unspecified atom stereocenters. The Morgan fingerprint density at radius 3 is 2.78 bits per heavy atom. The lowest BCUT2D eigenvalue weighted by Gasteiger charge is -2.15. The third-order valence-electron chi connectivity index (χ3n) is 2.66. The van der Waals surface area contributed by atoms with Crippen molar-refractivity contribution in [2.75, 3.05) is 6.61 Å². The normalized spacial score (nSPS) is 12.4. The number of halogens is 1. The zero-order valence-corrected chi connectivity index (χ0v) is 12.7. The minimum atomic E-state index is -0.644. The smallest absolute Gasteiger partial charge is 0.125 e. The Morgan fingerprint density at radius 1 is 1.39 bits per heavy atom. The van der Waals surface area contributed by atoms with Crippen molar-refractivity contribution in [3.8, 4) is 5.75 Å². The summed E-state index contributed by atoms with van der Waals surface area (Å²) < 4.78 is 6.59. The lowest BCUT2D eigenvalue weighted by atomic mass is 10.0. The number of hydrogen-bond donors (Lipinski definition) is 1. The lowest BCUT2D eigenvalue weighted by Crippen LogP contribution is -2.03. The standard InChI is InChI=1S/C14H15BrO2S/c1-3-17-12-5-4-9(2)6-11(12)14(16)10-7-13(15)18-8-10/h4-8,14,16H,3H2,1-2H3. The molecule has 2 aromatic rings. The highest BCUT2D eigenvalue weighted by molar-refractivity contribution is 9.11. The maximum atomic E-state index is 10.4. The predicted molar refractivity (Wildman–Crippen MR) is 78.4 cm³/mol. The summed E-state index contributed by atoms with van der Waals surface area (Å²) >= 11 is 4.98. The van der Waals surface area contributed by atoms with Gasteiger partial charge in [0, 0.05) is 5.56 Å². The van der Waals surface area contributed by atoms with Gasteiger partial charge in [0.1, 0.15) is 11.9 Å². The molecule has 0 aliphatic carbocycles. The average Bonchev–Trinajstić information content (AvgIpc) is 2.77. The van der Waals surface area contributed by atoms with Crippen LogP contribution in [-0.4, -0.2) is 11.7 Å². The Labute approximate surface area is 119 Å². The molecule has 18 heavy (non-hydrogen) atoms. The van der Waals surface area contributed by atoms with Crippen molar-refractivity contribution in [1.82, 2.24) is 0 Å². The first-order valence-electron chi connectivity index (χ1n) is 5.77. The molecule has 0 aliphatic rings. The highest BCUT2D eigenvalue weighted by Gasteiger charge is 2.17. The maximum absolute atomic E-state index is 10.4. The second kappa shape index (κ2) is 5.87. The number of benzene rings is 1. The molecular formula is C14H15BrO2S. The molecule has 96 valence electrons. The molecule has 1 aromatic heterocycles. The molecule has 0 radical (unpaired) electrons. The molecule has 0 bridgehead atoms. The van der Waals surface area contributed by atoms with Gasteiger partial charge in [-0.3, -0.25) is 0 Å². The number of aliphatic hydroxyl groups is 1. The van der Waals surface area contributed by atoms with Crippen molar-refractivity contribution >= 4 is 27.3 Å². The Bertz CT molecular complexity index is 536. The summed E-state index contributed by atoms with van der Waals surface area (Å²) in [6.45, 7) is 4.54. The summed E-state index contributed by atoms with van der Waals surface area (Å²) in [4.78, 5) is 0. The largest absolute Gasteiger partial charge is 0.493 e. The van der Waals surface area contributed by atoms with Crippen molar-refractivity contribution in [2.45, 2.75) is 20.0 Å². The summed E-state index contributed by atoms with van der Waals surface area (Å²) in [7, 11) is 0. The lowest BCUT2D eigenvalue weighted by molar-refractivity contribution is 0.212. The van der Waals surface area contributed by atoms with Crippen LogP contribution in [0, 0.1) is 6.92 Å². The summed E-state index contributed by atoms with van der Waals surface area (Å²) in [5.41, 5.74) is 2.82. The first-order chi connectivity index (χ1) is 8.61. The van der Waals surface area contributed by atoms with Gasteiger partial charge in [-0.25, -0.2) is 0 Å². The van der Waals surface area contributed by atoms with Crippen LogP contribution in [0.15, 0.2) is 33.4 Å². The van der Waals surface area contributed by atoms with Gasteiger partial charge in [-0.05, 0) is 58.9 Å². The van der Waals surface area contributed by atoms with Gasteiger partial charge in [-0.15, -0.1) is 11.3 Å². The molecule has 0 saturated carbocycles. The second-order valence-electron chi connectivity index (χ2n) is 4.06. The molecule has 2 rings (SSSR count). The Morgan fingerprint density at radius 2 is 2.17 bits per heavy atom. The van der Waals surface area contributed by atoms with E-state index in [4.69, 9.17) is 4.74 Å². The average molecular weight is 327 g/mol. The van der Waals surface area contributed by atoms with E-state index in [1.54, 1.807) is 11.3 Å². The summed E-state index contributed by atoms with van der Waals surface area (Å²) in [6.07, 6.45) is -0.644. The molecule has 0 fully saturated rings. The van der Waals surface area contributed by atoms with E-state index in [0.29, 0.717) is 6.61 Å². The maximum Gasteiger partial charge on any atom is 0.125 e. The zero-order chi connectivity index (χ0) is 13.1. The Kier molecular flexibility index (Phi) is 4.43. The van der Waals surface area contributed by atoms with Gasteiger partial charge in [0.15, 0.2) is 0 Å². The number of rotatable bonds is 4. The zero-order valence-electron chi connectivity index (χ0n) is 10.3. The SMILES string of the molecule is CCOc1ccc(C)cc1C(O)c1csc(Br)c1. The van der Waals surface area contributed by atoms with Crippen LogP contribution >= 0.6 is 27.3 Å². The third kappa shape index (κ3) is 2.94. The van der Waals surface area contributed by atoms with E-state index in [9.17, 15) is 5.11 Å². The Hall–Kier alpha value is -0.840. The van der Waals surface area contributed by atoms with Gasteiger partial charge >= 0.3 is 0 Å². The summed E-state index contributed by atoms with van der Waals surface area (Å²) in [6, 6.07) is 7.82. The van der Waals surface area contributed by atoms with Crippen molar-refractivity contribution in [3.63, 3.8) is 0 Å². The monoisotopic (exact) mass is 326 g/mol. The van der Waals surface area contributed by atoms with E-state index in [-0.39, 0.29) is 0 Å². The van der Waals surface area contributed by atoms with Crippen molar-refractivity contribution in [1.29, 1.82) is 0 Å². The number of aryl methyl sites for hydroxylation is 1. The fourth-order valence-corrected chi connectivity index (χ4v) is 3.01. The predicted octanol–water partition coefficient (Wildman–Crippen LogP) is 4.30. The van der Waals surface area contributed by atoms with E-state index >= 15 is 0 Å². The summed E-state index contributed by atoms with van der Waals surface area (Å²) in [5.74, 6) is 0.748. The van der Waals surface area contributed by atoms with E-state index in [1.165, 1.54) is 0 Å². The third-order valence-corrected chi connectivity index (χ3v) is 4.19. The second-order valence-corrected chi connectivity index (χ2v) is 6.35. The highest BCUT2D eigenvalue weighted by atomic mass is 79.9. The minimum Gasteiger partial charge on any atom is -0.493 e. The van der Waals surface area contributed by atoms with Crippen LogP contribution in [0.3, 0.4) is 0 Å². The molecular weight excluding hydrogens is 312 g/mol. The van der Waals surface area contributed by atoms with Gasteiger partial charge in [-0.1, -0.05) is 11.6 Å². The molecule has 4 heteroatoms. The van der Waals surface area contributed by atoms with Gasteiger partial charge in [0.05, 0.1) is 10.4 Å². The van der Waals surface area contributed by atoms with Crippen molar-refractivity contribution < 1.29 is 9.84 Å². The van der Waals surface area contributed by atoms with Gasteiger partial charge in [0.25, 0.3) is 0 Å². The highest BCUT2D eigenvalue weighted by Crippen LogP contribution is 2.34. The number of ether oxygens (including phenoxy) is 1. The van der Waals surface area contributed by atoms with E-state index in [0.717, 1.165) is 26.2 Å². The molecule has 0 saturated heterocycles. The fourth-order valence-electron chi connectivity index (χ4n) is 1.81. The molecule has 2 nitrogen and oxygen atoms in total. The van der Waals surface area contributed by atoms with Gasteiger partial charge in [-0.2, -0.15) is 0 Å². The molecule has 0 aliphatic heterocycles. The topological polar surface area (TPSA) is 29.5 Å². The van der Waals surface area contributed by atoms with Crippen LogP contribution < -0.4 is 4.74 Å². The Balaban J connectivity index is 2.39. The fraction of sp³-hybridized carbons (Fsp3) is 0.286. The first-order valence-corrected chi connectivity index (χ1v) is 7.44. The van der Waals surface area contributed by atoms with E-state index < -0.39 is 6.10 Å². The number of hydrogen-bond acceptors (Lipinski definition) is 3. The minimum absolute atomic E-state index is 0.593. The molecule has 0 amide bonds. The van der Waals surface area contributed by atoms with E-state index in [2.05, 4.69) is 15.9 Å². The van der Waals surface area contributed by atoms with Crippen LogP contribution in [0.1, 0.15) is 29.7 Å². The number of thiophene rings is 1. The van der Waals surface area contributed by atoms with Crippen LogP contribution in [0.4, 0.5) is 0 Å². The van der Waals surface area contributed by atoms with Gasteiger partial charge in [0.2, 0.25) is 0 Å². The molecule has 0 spiro atoms. The first kappa shape index (κ1) is 13.6. The molecule has 1 N–H and O–H groups in total. The molecule has 1 atom stereocenters. The van der Waals surface area contributed by atoms with Crippen LogP contribution in [0.2, 0.25) is 0 Å². The quantitative estimate of drug-likeness (QED) is 0.907. The summed E-state index contributed by atoms with van der Waals surface area (Å²) in [5, 5.41) is 12.4. The van der Waals surface area contributed by atoms with Crippen LogP contribution in [0.25, 0.3) is 0 Å². The molecule has 1 aromatic carbocycles. The van der Waals surface area contributed by atoms with Crippen LogP contribution in [0.5, 0.6) is 5.75 Å². The van der Waals surface area contributed by atoms with Crippen LogP contribution in [-0.2, 0) is 0 Å². The molecule has 1 heterocycles. The van der Waals surface area contributed by atoms with Crippen molar-refractivity contribution in [3.05, 3.63) is 50.1 Å². The van der Waals surface area contributed by atoms with Gasteiger partial charge < -0.3 is 9.84 Å². The number of aliphatic hydroxyl groups excluding tert-OH is 1. The van der Waals surface area contributed by atoms with Crippen molar-refractivity contribution in [2.24, 2.45) is 0 Å².